The number of piperidine rings is 1. The summed E-state index contributed by atoms with van der Waals surface area (Å²) in [5.74, 6) is -0.317. The van der Waals surface area contributed by atoms with Gasteiger partial charge < -0.3 is 19.4 Å². The van der Waals surface area contributed by atoms with Crippen LogP contribution in [0, 0.1) is 25.4 Å². The Labute approximate surface area is 245 Å². The van der Waals surface area contributed by atoms with Crippen molar-refractivity contribution in [1.29, 1.82) is 0 Å². The van der Waals surface area contributed by atoms with Crippen LogP contribution < -0.4 is 19.0 Å². The fraction of sp³-hybridized carbons (Fsp3) is 0.250. The Morgan fingerprint density at radius 1 is 0.837 bits per heavy atom. The third kappa shape index (κ3) is 7.52. The molecule has 0 aromatic heterocycles. The molecule has 0 bridgehead atoms. The van der Waals surface area contributed by atoms with Crippen molar-refractivity contribution in [3.05, 3.63) is 97.2 Å². The summed E-state index contributed by atoms with van der Waals surface area (Å²) < 4.78 is 16.2. The minimum absolute atomic E-state index is 0.0315. The normalized spacial score (nSPS) is 13.4. The molecule has 3 aromatic rings. The number of hydrogen-bond acceptors (Lipinski definition) is 11. The van der Waals surface area contributed by atoms with Crippen molar-refractivity contribution in [3.63, 3.8) is 0 Å². The lowest BCUT2D eigenvalue weighted by atomic mass is 10.1. The molecular weight excluding hydrogens is 566 g/mol. The number of benzene rings is 3. The monoisotopic (exact) mass is 593 g/mol. The smallest absolute Gasteiger partial charge is 0.321 e. The van der Waals surface area contributed by atoms with Gasteiger partial charge in [0, 0.05) is 11.6 Å². The molecule has 0 radical (unpaired) electrons. The van der Waals surface area contributed by atoms with E-state index in [1.165, 1.54) is 49.6 Å². The van der Waals surface area contributed by atoms with Crippen molar-refractivity contribution < 1.29 is 38.7 Å². The summed E-state index contributed by atoms with van der Waals surface area (Å²) in [5.41, 5.74) is -0.651. The number of hydrogen-bond donors (Lipinski definition) is 0. The van der Waals surface area contributed by atoms with Crippen molar-refractivity contribution in [1.82, 2.24) is 5.01 Å². The second-order valence-corrected chi connectivity index (χ2v) is 9.18. The van der Waals surface area contributed by atoms with Crippen LogP contribution in [0.25, 0.3) is 6.08 Å². The first-order valence-corrected chi connectivity index (χ1v) is 13.0. The summed E-state index contributed by atoms with van der Waals surface area (Å²) in [7, 11) is 3.01. The molecule has 0 amide bonds. The van der Waals surface area contributed by atoms with Crippen LogP contribution in [0.4, 0.5) is 11.4 Å². The first kappa shape index (κ1) is 30.2. The van der Waals surface area contributed by atoms with Gasteiger partial charge in [-0.25, -0.2) is 0 Å². The first-order chi connectivity index (χ1) is 20.7. The van der Waals surface area contributed by atoms with Gasteiger partial charge in [-0.2, -0.15) is 0 Å². The molecule has 224 valence electrons. The number of carbonyl (C=O) groups excluding carboxylic acids is 1. The van der Waals surface area contributed by atoms with Crippen LogP contribution >= 0.6 is 0 Å². The van der Waals surface area contributed by atoms with E-state index in [-0.39, 0.29) is 16.3 Å². The molecule has 1 aliphatic rings. The number of rotatable bonds is 12. The second-order valence-electron chi connectivity index (χ2n) is 9.18. The highest BCUT2D eigenvalue weighted by Gasteiger charge is 2.29. The van der Waals surface area contributed by atoms with E-state index >= 15 is 0 Å². The third-order valence-corrected chi connectivity index (χ3v) is 6.40. The lowest BCUT2D eigenvalue weighted by molar-refractivity contribution is -0.708. The van der Waals surface area contributed by atoms with E-state index < -0.39 is 38.5 Å². The predicted octanol–water partition coefficient (Wildman–Crippen LogP) is 5.87. The lowest BCUT2D eigenvalue weighted by Gasteiger charge is -2.21. The van der Waals surface area contributed by atoms with Crippen LogP contribution in [0.15, 0.2) is 66.0 Å². The van der Waals surface area contributed by atoms with E-state index in [0.29, 0.717) is 36.2 Å². The van der Waals surface area contributed by atoms with E-state index in [2.05, 4.69) is 5.28 Å². The molecule has 0 saturated carbocycles. The minimum atomic E-state index is -0.901. The van der Waals surface area contributed by atoms with E-state index in [0.717, 1.165) is 25.3 Å². The number of hydrazine groups is 1. The molecule has 1 fully saturated rings. The molecule has 0 spiro atoms. The Morgan fingerprint density at radius 2 is 1.53 bits per heavy atom. The molecule has 4 rings (SSSR count). The minimum Gasteiger partial charge on any atom is -0.569 e. The second kappa shape index (κ2) is 13.8. The zero-order chi connectivity index (χ0) is 30.9. The summed E-state index contributed by atoms with van der Waals surface area (Å²) in [5, 5.41) is 40.4. The Bertz CT molecular complexity index is 1580. The standard InChI is InChI=1S/C28H27N5O10/c1-40-25-12-10-19(15-28(25)41-2)9-11-24(34)20-7-6-8-21(16-20)42-26-18-27(23(32(37)38)17-22(26)31(35)36)43-29-33(39)30-13-4-3-5-14-30/h6-12,15-18H,3-5,13-14H2,1-2H3/b11-9+,33-29-. The molecule has 15 heteroatoms. The van der Waals surface area contributed by atoms with Gasteiger partial charge in [-0.1, -0.05) is 24.3 Å². The molecule has 1 saturated heterocycles. The Kier molecular flexibility index (Phi) is 9.67. The van der Waals surface area contributed by atoms with Gasteiger partial charge in [-0.3, -0.25) is 29.9 Å². The van der Waals surface area contributed by atoms with Crippen molar-refractivity contribution in [3.8, 4) is 28.7 Å². The van der Waals surface area contributed by atoms with Crippen LogP contribution in [-0.4, -0.2) is 52.9 Å². The van der Waals surface area contributed by atoms with E-state index in [1.807, 2.05) is 0 Å². The van der Waals surface area contributed by atoms with Gasteiger partial charge in [0.2, 0.25) is 16.8 Å². The van der Waals surface area contributed by atoms with Crippen LogP contribution in [0.1, 0.15) is 35.2 Å². The topological polar surface area (TPSA) is 182 Å². The summed E-state index contributed by atoms with van der Waals surface area (Å²) in [6.07, 6.45) is 5.42. The number of nitro benzene ring substituents is 2. The molecule has 1 heterocycles. The average molecular weight is 594 g/mol. The number of nitrogens with zero attached hydrogens (tertiary/aromatic N) is 5. The van der Waals surface area contributed by atoms with E-state index in [4.69, 9.17) is 19.0 Å². The molecule has 0 aliphatic carbocycles. The highest BCUT2D eigenvalue weighted by molar-refractivity contribution is 6.07. The lowest BCUT2D eigenvalue weighted by Crippen LogP contribution is -2.35. The number of ketones is 1. The molecule has 0 N–H and O–H groups in total. The SMILES string of the molecule is COc1ccc(/C=C/C(=O)c2cccc(Oc3cc(O/N=[N+](\[O-])N4CCCCC4)c([N+](=O)[O-])cc3[N+](=O)[O-])c2)cc1OC. The Hall–Kier alpha value is -5.73. The Morgan fingerprint density at radius 3 is 2.21 bits per heavy atom. The summed E-state index contributed by atoms with van der Waals surface area (Å²) >= 11 is 0. The molecule has 3 aromatic carbocycles. The maximum Gasteiger partial charge on any atom is 0.321 e. The fourth-order valence-electron chi connectivity index (χ4n) is 4.22. The van der Waals surface area contributed by atoms with Crippen molar-refractivity contribution >= 4 is 23.2 Å². The van der Waals surface area contributed by atoms with Gasteiger partial charge in [0.05, 0.1) is 42.1 Å². The molecule has 0 unspecified atom stereocenters. The zero-order valence-electron chi connectivity index (χ0n) is 23.2. The van der Waals surface area contributed by atoms with Crippen molar-refractivity contribution in [2.75, 3.05) is 27.3 Å². The summed E-state index contributed by atoms with van der Waals surface area (Å²) in [6, 6.07) is 12.5. The zero-order valence-corrected chi connectivity index (χ0v) is 23.2. The molecule has 1 aliphatic heterocycles. The number of allylic oxidation sites excluding steroid dienone is 1. The molecule has 0 atom stereocenters. The van der Waals surface area contributed by atoms with Gasteiger partial charge >= 0.3 is 11.4 Å². The van der Waals surface area contributed by atoms with Gasteiger partial charge in [0.15, 0.2) is 17.3 Å². The van der Waals surface area contributed by atoms with Crippen LogP contribution in [-0.2, 0) is 0 Å². The van der Waals surface area contributed by atoms with Crippen LogP contribution in [0.5, 0.6) is 28.7 Å². The number of ether oxygens (including phenoxy) is 3. The van der Waals surface area contributed by atoms with Crippen LogP contribution in [0.3, 0.4) is 0 Å². The van der Waals surface area contributed by atoms with Gasteiger partial charge in [-0.15, -0.1) is 5.01 Å². The quantitative estimate of drug-likeness (QED) is 0.0612. The van der Waals surface area contributed by atoms with Gasteiger partial charge in [0.1, 0.15) is 11.8 Å². The average Bonchev–Trinajstić information content (AvgIpc) is 3.02. The summed E-state index contributed by atoms with van der Waals surface area (Å²) in [6.45, 7) is 0.872. The maximum absolute atomic E-state index is 12.9. The van der Waals surface area contributed by atoms with Crippen molar-refractivity contribution in [2.45, 2.75) is 19.3 Å². The van der Waals surface area contributed by atoms with Gasteiger partial charge in [0.25, 0.3) is 0 Å². The number of carbonyl (C=O) groups is 1. The Balaban J connectivity index is 1.59. The molecule has 15 nitrogen and oxygen atoms in total. The maximum atomic E-state index is 12.9. The predicted molar refractivity (Wildman–Crippen MR) is 151 cm³/mol. The van der Waals surface area contributed by atoms with E-state index in [1.54, 1.807) is 24.3 Å². The highest BCUT2D eigenvalue weighted by Crippen LogP contribution is 2.41. The van der Waals surface area contributed by atoms with Crippen molar-refractivity contribution in [2.24, 2.45) is 5.28 Å². The van der Waals surface area contributed by atoms with E-state index in [9.17, 15) is 30.2 Å². The number of nitro groups is 2. The molecule has 43 heavy (non-hydrogen) atoms. The largest absolute Gasteiger partial charge is 0.569 e. The fourth-order valence-corrected chi connectivity index (χ4v) is 4.22. The summed E-state index contributed by atoms with van der Waals surface area (Å²) in [4.78, 5) is 39.7. The third-order valence-electron chi connectivity index (χ3n) is 6.40. The highest BCUT2D eigenvalue weighted by atomic mass is 16.7. The molecular formula is C28H27N5O10. The first-order valence-electron chi connectivity index (χ1n) is 13.0. The number of methoxy groups -OCH3 is 2. The van der Waals surface area contributed by atoms with Crippen LogP contribution in [0.2, 0.25) is 0 Å². The van der Waals surface area contributed by atoms with Gasteiger partial charge in [-0.05, 0) is 55.2 Å².